The van der Waals surface area contributed by atoms with Crippen molar-refractivity contribution in [2.75, 3.05) is 20.1 Å². The third-order valence-corrected chi connectivity index (χ3v) is 8.07. The van der Waals surface area contributed by atoms with E-state index in [0.717, 1.165) is 20.1 Å². The normalized spacial score (nSPS) is 19.8. The van der Waals surface area contributed by atoms with Gasteiger partial charge >= 0.3 is 0 Å². The van der Waals surface area contributed by atoms with Crippen molar-refractivity contribution in [2.24, 2.45) is 11.7 Å². The van der Waals surface area contributed by atoms with Gasteiger partial charge in [-0.25, -0.2) is 23.7 Å². The van der Waals surface area contributed by atoms with Gasteiger partial charge in [-0.3, -0.25) is 9.20 Å². The molecule has 0 aliphatic carbocycles. The molecule has 1 saturated heterocycles. The van der Waals surface area contributed by atoms with E-state index in [1.54, 1.807) is 24.3 Å². The fraction of sp³-hybridized carbons (Fsp3) is 0.364. The minimum absolute atomic E-state index is 0.139. The fourth-order valence-corrected chi connectivity index (χ4v) is 6.54. The molecule has 5 rings (SSSR count). The van der Waals surface area contributed by atoms with Gasteiger partial charge in [0, 0.05) is 35.5 Å². The van der Waals surface area contributed by atoms with Crippen LogP contribution in [0.2, 0.25) is 0 Å². The molecule has 0 bridgehead atoms. The number of benzene rings is 1. The molecule has 2 unspecified atom stereocenters. The number of amides is 1. The number of carbonyl (C=O) groups is 1. The van der Waals surface area contributed by atoms with Crippen molar-refractivity contribution in [1.82, 2.24) is 24.3 Å². The number of thiazole rings is 1. The van der Waals surface area contributed by atoms with Crippen LogP contribution in [-0.4, -0.2) is 56.2 Å². The number of hydrogen-bond acceptors (Lipinski definition) is 7. The molecule has 0 spiro atoms. The molecule has 1 aliphatic rings. The maximum Gasteiger partial charge on any atom is 0.264 e. The second kappa shape index (κ2) is 8.62. The topological polar surface area (TPSA) is 89.4 Å². The Balaban J connectivity index is 1.46. The highest BCUT2D eigenvalue weighted by Crippen LogP contribution is 2.45. The Morgan fingerprint density at radius 3 is 3.03 bits per heavy atom. The van der Waals surface area contributed by atoms with Gasteiger partial charge in [-0.1, -0.05) is 11.8 Å². The Morgan fingerprint density at radius 2 is 2.24 bits per heavy atom. The minimum Gasteiger partial charge on any atom is -0.370 e. The third-order valence-electron chi connectivity index (χ3n) is 5.92. The monoisotopic (exact) mass is 488 g/mol. The van der Waals surface area contributed by atoms with E-state index >= 15 is 0 Å². The van der Waals surface area contributed by atoms with Gasteiger partial charge in [0.05, 0.1) is 28.0 Å². The van der Waals surface area contributed by atoms with Crippen LogP contribution in [0.25, 0.3) is 16.0 Å². The molecular weight excluding hydrogens is 466 g/mol. The molecular formula is C22H22F2N6OS2. The number of halogens is 2. The molecule has 7 nitrogen and oxygen atoms in total. The number of alkyl halides is 2. The van der Waals surface area contributed by atoms with Crippen molar-refractivity contribution < 1.29 is 13.6 Å². The Labute approximate surface area is 197 Å². The highest BCUT2D eigenvalue weighted by atomic mass is 32.2. The number of piperidine rings is 1. The summed E-state index contributed by atoms with van der Waals surface area (Å²) in [7, 11) is 1.68. The summed E-state index contributed by atoms with van der Waals surface area (Å²) < 4.78 is 32.6. The maximum absolute atomic E-state index is 14.9. The number of nitrogens with zero attached hydrogens (tertiary/aromatic N) is 5. The number of nitrogens with two attached hydrogens (primary N) is 1. The summed E-state index contributed by atoms with van der Waals surface area (Å²) in [6.45, 7) is 0.224. The number of likely N-dealkylation sites (tertiary alicyclic amines) is 1. The number of rotatable bonds is 6. The molecule has 172 valence electrons. The lowest BCUT2D eigenvalue weighted by Gasteiger charge is -2.39. The van der Waals surface area contributed by atoms with E-state index < -0.39 is 23.7 Å². The molecule has 33 heavy (non-hydrogen) atoms. The van der Waals surface area contributed by atoms with Crippen molar-refractivity contribution >= 4 is 45.0 Å². The Bertz CT molecular complexity index is 1320. The summed E-state index contributed by atoms with van der Waals surface area (Å²) in [4.78, 5) is 27.6. The second-order valence-electron chi connectivity index (χ2n) is 8.34. The molecule has 2 N–H and O–H groups in total. The van der Waals surface area contributed by atoms with Crippen LogP contribution in [0.3, 0.4) is 0 Å². The highest BCUT2D eigenvalue weighted by Gasteiger charge is 2.48. The van der Waals surface area contributed by atoms with Crippen LogP contribution in [0.4, 0.5) is 8.78 Å². The van der Waals surface area contributed by atoms with E-state index in [4.69, 9.17) is 5.73 Å². The van der Waals surface area contributed by atoms with Gasteiger partial charge in [-0.15, -0.1) is 11.3 Å². The van der Waals surface area contributed by atoms with Crippen LogP contribution < -0.4 is 5.73 Å². The molecule has 4 aromatic rings. The Hall–Kier alpha value is -2.63. The molecule has 1 fully saturated rings. The summed E-state index contributed by atoms with van der Waals surface area (Å²) in [5.74, 6) is -4.56. The smallest absolute Gasteiger partial charge is 0.264 e. The van der Waals surface area contributed by atoms with E-state index in [-0.39, 0.29) is 13.0 Å². The zero-order valence-corrected chi connectivity index (χ0v) is 19.5. The van der Waals surface area contributed by atoms with Gasteiger partial charge in [0.1, 0.15) is 5.03 Å². The number of fused-ring (bicyclic) bond motifs is 2. The van der Waals surface area contributed by atoms with Crippen LogP contribution in [0.1, 0.15) is 23.8 Å². The van der Waals surface area contributed by atoms with Crippen LogP contribution in [0, 0.1) is 5.92 Å². The first kappa shape index (κ1) is 22.2. The lowest BCUT2D eigenvalue weighted by atomic mass is 9.80. The molecule has 2 atom stereocenters. The predicted molar refractivity (Wildman–Crippen MR) is 124 cm³/mol. The quantitative estimate of drug-likeness (QED) is 0.441. The number of hydrogen-bond donors (Lipinski definition) is 1. The zero-order chi connectivity index (χ0) is 23.2. The molecule has 3 aromatic heterocycles. The van der Waals surface area contributed by atoms with E-state index in [2.05, 4.69) is 15.0 Å². The van der Waals surface area contributed by atoms with Crippen LogP contribution in [0.5, 0.6) is 0 Å². The van der Waals surface area contributed by atoms with E-state index in [1.165, 1.54) is 23.1 Å². The van der Waals surface area contributed by atoms with Gasteiger partial charge < -0.3 is 10.6 Å². The first-order valence-electron chi connectivity index (χ1n) is 10.5. The molecule has 1 amide bonds. The third kappa shape index (κ3) is 4.44. The van der Waals surface area contributed by atoms with Crippen molar-refractivity contribution in [1.29, 1.82) is 0 Å². The van der Waals surface area contributed by atoms with Crippen molar-refractivity contribution in [3.05, 3.63) is 47.9 Å². The largest absolute Gasteiger partial charge is 0.370 e. The number of aromatic nitrogens is 4. The molecule has 11 heteroatoms. The zero-order valence-electron chi connectivity index (χ0n) is 17.8. The standard InChI is InChI=1S/C22H22F2N6OS2/c1-29-8-5-15(22(23,24)12-29)14(10-18(25)31)20-28-16-4-3-13(9-17(16)33-20)32-19-11-27-21-26-6-2-7-30(19)21/h2-4,6-7,9,11,14-15H,5,8,10,12H2,1H3,(H2,25,31). The molecule has 1 aliphatic heterocycles. The fourth-order valence-electron chi connectivity index (χ4n) is 4.39. The van der Waals surface area contributed by atoms with E-state index in [1.807, 2.05) is 34.9 Å². The first-order valence-corrected chi connectivity index (χ1v) is 12.1. The summed E-state index contributed by atoms with van der Waals surface area (Å²) in [6.07, 6.45) is 5.51. The summed E-state index contributed by atoms with van der Waals surface area (Å²) >= 11 is 2.89. The average molecular weight is 489 g/mol. The van der Waals surface area contributed by atoms with Crippen LogP contribution in [0.15, 0.2) is 52.8 Å². The molecule has 0 radical (unpaired) electrons. The van der Waals surface area contributed by atoms with Gasteiger partial charge in [0.25, 0.3) is 5.92 Å². The molecule has 1 aromatic carbocycles. The van der Waals surface area contributed by atoms with Crippen LogP contribution in [-0.2, 0) is 4.79 Å². The number of carbonyl (C=O) groups excluding carboxylic acids is 1. The van der Waals surface area contributed by atoms with Gasteiger partial charge in [0.2, 0.25) is 11.7 Å². The van der Waals surface area contributed by atoms with E-state index in [9.17, 15) is 13.6 Å². The Morgan fingerprint density at radius 1 is 1.39 bits per heavy atom. The lowest BCUT2D eigenvalue weighted by Crippen LogP contribution is -2.49. The number of imidazole rings is 1. The van der Waals surface area contributed by atoms with Crippen molar-refractivity contribution in [3.8, 4) is 0 Å². The Kier molecular flexibility index (Phi) is 5.79. The maximum atomic E-state index is 14.9. The van der Waals surface area contributed by atoms with Crippen molar-refractivity contribution in [2.45, 2.75) is 34.6 Å². The summed E-state index contributed by atoms with van der Waals surface area (Å²) in [5, 5.41) is 1.46. The molecule has 0 saturated carbocycles. The first-order chi connectivity index (χ1) is 15.8. The summed E-state index contributed by atoms with van der Waals surface area (Å²) in [6, 6.07) is 7.66. The highest BCUT2D eigenvalue weighted by molar-refractivity contribution is 7.99. The average Bonchev–Trinajstić information content (AvgIpc) is 3.36. The van der Waals surface area contributed by atoms with Crippen LogP contribution >= 0.6 is 23.1 Å². The SMILES string of the molecule is CN1CCC(C(CC(N)=O)c2nc3ccc(Sc4cnc5ncccn45)cc3s2)C(F)(F)C1. The predicted octanol–water partition coefficient (Wildman–Crippen LogP) is 4.04. The van der Waals surface area contributed by atoms with Gasteiger partial charge in [0.15, 0.2) is 0 Å². The minimum atomic E-state index is -2.91. The van der Waals surface area contributed by atoms with Gasteiger partial charge in [-0.05, 0) is 44.3 Å². The summed E-state index contributed by atoms with van der Waals surface area (Å²) in [5.41, 5.74) is 6.19. The van der Waals surface area contributed by atoms with E-state index in [0.29, 0.717) is 23.8 Å². The lowest BCUT2D eigenvalue weighted by molar-refractivity contribution is -0.126. The number of primary amides is 1. The van der Waals surface area contributed by atoms with Crippen molar-refractivity contribution in [3.63, 3.8) is 0 Å². The van der Waals surface area contributed by atoms with Gasteiger partial charge in [-0.2, -0.15) is 0 Å². The molecule has 4 heterocycles. The second-order valence-corrected chi connectivity index (χ2v) is 10.5.